The zero-order chi connectivity index (χ0) is 23.4. The van der Waals surface area contributed by atoms with Gasteiger partial charge in [-0.1, -0.05) is 12.1 Å². The van der Waals surface area contributed by atoms with Crippen LogP contribution in [0.2, 0.25) is 0 Å². The van der Waals surface area contributed by atoms with Crippen molar-refractivity contribution in [3.8, 4) is 0 Å². The van der Waals surface area contributed by atoms with Gasteiger partial charge in [-0.15, -0.1) is 0 Å². The molecule has 1 aromatic heterocycles. The van der Waals surface area contributed by atoms with Crippen LogP contribution in [0.4, 0.5) is 4.39 Å². The minimum atomic E-state index is -0.130. The smallest absolute Gasteiger partial charge is 0.219 e. The molecule has 2 aromatic rings. The number of aromatic nitrogens is 2. The van der Waals surface area contributed by atoms with E-state index in [1.165, 1.54) is 31.4 Å². The number of carbonyl (C=O) groups is 1. The lowest BCUT2D eigenvalue weighted by molar-refractivity contribution is -0.129. The van der Waals surface area contributed by atoms with E-state index in [9.17, 15) is 9.18 Å². The second-order valence-electron chi connectivity index (χ2n) is 10.9. The van der Waals surface area contributed by atoms with Crippen LogP contribution in [0.1, 0.15) is 67.3 Å². The van der Waals surface area contributed by atoms with Gasteiger partial charge in [0, 0.05) is 62.7 Å². The standard InChI is InChI=1S/C27H36FN5O/c1-17-30-26-16-31(18(2)34)9-8-27(26)33(17)24-11-22-6-7-23(12-24)32(22)15-20-13-29-14-25(20)19-4-3-5-21(28)10-19/h3-5,10,20,22-25,29H,6-9,11-16H2,1-2H3/t20-,22-,23+,24+,25-/m1/s1. The number of benzene rings is 1. The highest BCUT2D eigenvalue weighted by Gasteiger charge is 2.44. The zero-order valence-electron chi connectivity index (χ0n) is 20.3. The second kappa shape index (κ2) is 8.76. The summed E-state index contributed by atoms with van der Waals surface area (Å²) in [7, 11) is 0. The molecule has 7 heteroatoms. The Morgan fingerprint density at radius 2 is 1.97 bits per heavy atom. The van der Waals surface area contributed by atoms with Crippen LogP contribution in [0.25, 0.3) is 0 Å². The first-order chi connectivity index (χ1) is 16.5. The van der Waals surface area contributed by atoms with Gasteiger partial charge in [-0.25, -0.2) is 9.37 Å². The maximum Gasteiger partial charge on any atom is 0.219 e. The van der Waals surface area contributed by atoms with E-state index in [2.05, 4.69) is 27.8 Å². The van der Waals surface area contributed by atoms with Crippen LogP contribution < -0.4 is 5.32 Å². The van der Waals surface area contributed by atoms with Gasteiger partial charge in [0.1, 0.15) is 11.6 Å². The Hall–Kier alpha value is -2.25. The van der Waals surface area contributed by atoms with Crippen molar-refractivity contribution in [1.82, 2.24) is 24.7 Å². The molecule has 1 amide bonds. The van der Waals surface area contributed by atoms with Gasteiger partial charge in [-0.3, -0.25) is 9.69 Å². The number of hydrogen-bond acceptors (Lipinski definition) is 4. The number of carbonyl (C=O) groups excluding carboxylic acids is 1. The fourth-order valence-electron chi connectivity index (χ4n) is 7.37. The average Bonchev–Trinajstić information content (AvgIpc) is 3.47. The number of nitrogens with one attached hydrogen (secondary N) is 1. The van der Waals surface area contributed by atoms with Crippen molar-refractivity contribution >= 4 is 5.91 Å². The van der Waals surface area contributed by atoms with Gasteiger partial charge in [0.05, 0.1) is 12.2 Å². The van der Waals surface area contributed by atoms with Gasteiger partial charge in [-0.2, -0.15) is 0 Å². The minimum absolute atomic E-state index is 0.130. The Kier molecular flexibility index (Phi) is 5.72. The number of nitrogens with zero attached hydrogens (tertiary/aromatic N) is 4. The normalized spacial score (nSPS) is 31.1. The van der Waals surface area contributed by atoms with E-state index >= 15 is 0 Å². The van der Waals surface area contributed by atoms with Crippen LogP contribution in [0.5, 0.6) is 0 Å². The number of imidazole rings is 1. The van der Waals surface area contributed by atoms with Gasteiger partial charge in [-0.05, 0) is 62.8 Å². The van der Waals surface area contributed by atoms with Gasteiger partial charge >= 0.3 is 0 Å². The number of aryl methyl sites for hydroxylation is 1. The maximum atomic E-state index is 13.9. The molecule has 3 saturated heterocycles. The molecule has 6 rings (SSSR count). The number of amides is 1. The minimum Gasteiger partial charge on any atom is -0.337 e. The Morgan fingerprint density at radius 1 is 1.18 bits per heavy atom. The number of rotatable bonds is 4. The third-order valence-corrected chi connectivity index (χ3v) is 8.96. The van der Waals surface area contributed by atoms with E-state index in [4.69, 9.17) is 4.98 Å². The van der Waals surface area contributed by atoms with Crippen LogP contribution in [-0.4, -0.2) is 63.5 Å². The summed E-state index contributed by atoms with van der Waals surface area (Å²) < 4.78 is 16.4. The van der Waals surface area contributed by atoms with Gasteiger partial charge < -0.3 is 14.8 Å². The summed E-state index contributed by atoms with van der Waals surface area (Å²) in [5.41, 5.74) is 3.60. The van der Waals surface area contributed by atoms with E-state index in [-0.39, 0.29) is 11.7 Å². The summed E-state index contributed by atoms with van der Waals surface area (Å²) in [6.45, 7) is 8.30. The third-order valence-electron chi connectivity index (χ3n) is 8.96. The molecule has 4 aliphatic heterocycles. The highest BCUT2D eigenvalue weighted by Crippen LogP contribution is 2.44. The highest BCUT2D eigenvalue weighted by atomic mass is 19.1. The molecule has 0 radical (unpaired) electrons. The first-order valence-corrected chi connectivity index (χ1v) is 13.0. The summed E-state index contributed by atoms with van der Waals surface area (Å²) in [5.74, 6) is 2.04. The van der Waals surface area contributed by atoms with Crippen LogP contribution in [0, 0.1) is 18.7 Å². The van der Waals surface area contributed by atoms with Crippen molar-refractivity contribution in [1.29, 1.82) is 0 Å². The monoisotopic (exact) mass is 465 g/mol. The summed E-state index contributed by atoms with van der Waals surface area (Å²) in [6.07, 6.45) is 5.83. The fraction of sp³-hybridized carbons (Fsp3) is 0.630. The maximum absolute atomic E-state index is 13.9. The predicted molar refractivity (Wildman–Crippen MR) is 129 cm³/mol. The van der Waals surface area contributed by atoms with Gasteiger partial charge in [0.25, 0.3) is 0 Å². The van der Waals surface area contributed by atoms with Gasteiger partial charge in [0.2, 0.25) is 5.91 Å². The van der Waals surface area contributed by atoms with E-state index < -0.39 is 0 Å². The Balaban J connectivity index is 1.17. The lowest BCUT2D eigenvalue weighted by Crippen LogP contribution is -2.47. The van der Waals surface area contributed by atoms with Crippen LogP contribution in [0.3, 0.4) is 0 Å². The number of hydrogen-bond donors (Lipinski definition) is 1. The third kappa shape index (κ3) is 3.87. The Morgan fingerprint density at radius 3 is 2.71 bits per heavy atom. The van der Waals surface area contributed by atoms with E-state index in [1.54, 1.807) is 19.1 Å². The van der Waals surface area contributed by atoms with Crippen LogP contribution >= 0.6 is 0 Å². The van der Waals surface area contributed by atoms with Crippen LogP contribution in [-0.2, 0) is 17.8 Å². The SMILES string of the molecule is CC(=O)N1CCc2c(nc(C)n2[C@H]2C[C@H]3CC[C@@H](C2)N3C[C@H]2CNC[C@@H]2c2cccc(F)c2)C1. The molecule has 4 aliphatic rings. The molecular formula is C27H36FN5O. The molecule has 3 fully saturated rings. The largest absolute Gasteiger partial charge is 0.337 e. The highest BCUT2D eigenvalue weighted by molar-refractivity contribution is 5.73. The molecule has 34 heavy (non-hydrogen) atoms. The van der Waals surface area contributed by atoms with Crippen molar-refractivity contribution in [2.75, 3.05) is 26.2 Å². The van der Waals surface area contributed by atoms with Gasteiger partial charge in [0.15, 0.2) is 0 Å². The molecule has 6 nitrogen and oxygen atoms in total. The molecule has 1 aromatic carbocycles. The quantitative estimate of drug-likeness (QED) is 0.752. The van der Waals surface area contributed by atoms with E-state index in [1.807, 2.05) is 11.0 Å². The zero-order valence-corrected chi connectivity index (χ0v) is 20.3. The molecule has 0 aliphatic carbocycles. The molecule has 0 saturated carbocycles. The molecule has 182 valence electrons. The van der Waals surface area contributed by atoms with Crippen molar-refractivity contribution < 1.29 is 9.18 Å². The lowest BCUT2D eigenvalue weighted by atomic mass is 9.87. The second-order valence-corrected chi connectivity index (χ2v) is 10.9. The van der Waals surface area contributed by atoms with E-state index in [0.717, 1.165) is 49.7 Å². The number of fused-ring (bicyclic) bond motifs is 3. The molecule has 5 atom stereocenters. The topological polar surface area (TPSA) is 53.4 Å². The molecule has 1 N–H and O–H groups in total. The first kappa shape index (κ1) is 22.2. The Labute approximate surface area is 201 Å². The lowest BCUT2D eigenvalue weighted by Gasteiger charge is -2.42. The summed E-state index contributed by atoms with van der Waals surface area (Å²) in [5, 5.41) is 3.57. The van der Waals surface area contributed by atoms with E-state index in [0.29, 0.717) is 36.5 Å². The summed E-state index contributed by atoms with van der Waals surface area (Å²) in [4.78, 5) is 21.5. The van der Waals surface area contributed by atoms with Crippen molar-refractivity contribution in [2.45, 2.75) is 76.5 Å². The fourth-order valence-corrected chi connectivity index (χ4v) is 7.37. The molecule has 0 unspecified atom stereocenters. The first-order valence-electron chi connectivity index (χ1n) is 13.0. The Bertz CT molecular complexity index is 1070. The summed E-state index contributed by atoms with van der Waals surface area (Å²) >= 11 is 0. The predicted octanol–water partition coefficient (Wildman–Crippen LogP) is 3.41. The van der Waals surface area contributed by atoms with Crippen LogP contribution in [0.15, 0.2) is 24.3 Å². The van der Waals surface area contributed by atoms with Crippen molar-refractivity contribution in [3.05, 3.63) is 52.9 Å². The molecule has 0 spiro atoms. The van der Waals surface area contributed by atoms with Crippen molar-refractivity contribution in [3.63, 3.8) is 0 Å². The molecule has 5 heterocycles. The average molecular weight is 466 g/mol. The number of piperidine rings is 1. The molecular weight excluding hydrogens is 429 g/mol. The summed E-state index contributed by atoms with van der Waals surface area (Å²) in [6, 6.07) is 8.95. The number of halogens is 1. The van der Waals surface area contributed by atoms with Crippen molar-refractivity contribution in [2.24, 2.45) is 5.92 Å². The molecule has 2 bridgehead atoms.